The molecule has 5 nitrogen and oxygen atoms in total. The minimum Gasteiger partial charge on any atom is -0.293 e. The van der Waals surface area contributed by atoms with E-state index in [0.717, 1.165) is 0 Å². The van der Waals surface area contributed by atoms with E-state index < -0.39 is 17.9 Å². The first-order chi connectivity index (χ1) is 13.6. The van der Waals surface area contributed by atoms with Crippen LogP contribution in [0.5, 0.6) is 0 Å². The Hall–Kier alpha value is -3.12. The lowest BCUT2D eigenvalue weighted by Gasteiger charge is -2.33. The van der Waals surface area contributed by atoms with Crippen molar-refractivity contribution in [1.29, 1.82) is 0 Å². The summed E-state index contributed by atoms with van der Waals surface area (Å²) in [6, 6.07) is 13.9. The van der Waals surface area contributed by atoms with E-state index in [1.807, 2.05) is 11.0 Å². The number of nitrogens with zero attached hydrogens (tertiary/aromatic N) is 2. The van der Waals surface area contributed by atoms with Crippen LogP contribution in [-0.4, -0.2) is 34.6 Å². The Balaban J connectivity index is 1.52. The molecule has 4 atom stereocenters. The second-order valence-corrected chi connectivity index (χ2v) is 7.40. The zero-order valence-electron chi connectivity index (χ0n) is 14.9. The molecule has 3 heterocycles. The molecule has 4 unspecified atom stereocenters. The highest BCUT2D eigenvalue weighted by atomic mass is 19.1. The first kappa shape index (κ1) is 17.0. The number of para-hydroxylation sites is 1. The molecule has 6 heteroatoms. The number of anilines is 1. The predicted octanol–water partition coefficient (Wildman–Crippen LogP) is 2.32. The first-order valence-electron chi connectivity index (χ1n) is 9.21. The van der Waals surface area contributed by atoms with Gasteiger partial charge in [-0.1, -0.05) is 36.4 Å². The van der Waals surface area contributed by atoms with Gasteiger partial charge in [-0.25, -0.2) is 9.29 Å². The minimum atomic E-state index is -0.714. The highest BCUT2D eigenvalue weighted by Crippen LogP contribution is 2.47. The summed E-state index contributed by atoms with van der Waals surface area (Å²) in [5.74, 6) is -2.47. The number of imide groups is 1. The van der Waals surface area contributed by atoms with Gasteiger partial charge in [0.25, 0.3) is 0 Å². The fourth-order valence-electron chi connectivity index (χ4n) is 4.75. The lowest BCUT2D eigenvalue weighted by Crippen LogP contribution is -2.48. The fourth-order valence-corrected chi connectivity index (χ4v) is 4.75. The van der Waals surface area contributed by atoms with Crippen molar-refractivity contribution < 1.29 is 18.8 Å². The van der Waals surface area contributed by atoms with Crippen LogP contribution in [0.2, 0.25) is 0 Å². The van der Waals surface area contributed by atoms with Gasteiger partial charge < -0.3 is 0 Å². The van der Waals surface area contributed by atoms with Crippen LogP contribution in [0.25, 0.3) is 0 Å². The fraction of sp³-hybridized carbons (Fsp3) is 0.227. The number of benzene rings is 2. The molecule has 0 N–H and O–H groups in total. The Labute approximate surface area is 161 Å². The van der Waals surface area contributed by atoms with Crippen LogP contribution in [0.1, 0.15) is 5.56 Å². The second-order valence-electron chi connectivity index (χ2n) is 7.40. The topological polar surface area (TPSA) is 57.7 Å². The zero-order chi connectivity index (χ0) is 19.4. The summed E-state index contributed by atoms with van der Waals surface area (Å²) in [5.41, 5.74) is 1.23. The average molecular weight is 376 g/mol. The lowest BCUT2D eigenvalue weighted by molar-refractivity contribution is -0.129. The number of carbonyl (C=O) groups excluding carboxylic acids is 3. The summed E-state index contributed by atoms with van der Waals surface area (Å²) in [7, 11) is 0. The van der Waals surface area contributed by atoms with Gasteiger partial charge in [-0.15, -0.1) is 0 Å². The van der Waals surface area contributed by atoms with Crippen LogP contribution in [0.4, 0.5) is 10.1 Å². The molecule has 2 aromatic rings. The smallest absolute Gasteiger partial charge is 0.239 e. The lowest BCUT2D eigenvalue weighted by atomic mass is 9.90. The monoisotopic (exact) mass is 376 g/mol. The van der Waals surface area contributed by atoms with E-state index in [9.17, 15) is 18.8 Å². The molecule has 0 aliphatic carbocycles. The van der Waals surface area contributed by atoms with E-state index in [0.29, 0.717) is 17.8 Å². The maximum absolute atomic E-state index is 13.6. The molecule has 140 valence electrons. The van der Waals surface area contributed by atoms with Crippen molar-refractivity contribution in [3.8, 4) is 0 Å². The van der Waals surface area contributed by atoms with Gasteiger partial charge in [0.1, 0.15) is 5.82 Å². The summed E-state index contributed by atoms with van der Waals surface area (Å²) in [5, 5.41) is 0. The van der Waals surface area contributed by atoms with Crippen LogP contribution in [0, 0.1) is 17.7 Å². The summed E-state index contributed by atoms with van der Waals surface area (Å²) in [6.45, 7) is 0.308. The molecular weight excluding hydrogens is 359 g/mol. The largest absolute Gasteiger partial charge is 0.293 e. The number of hydrogen-bond acceptors (Lipinski definition) is 4. The van der Waals surface area contributed by atoms with E-state index in [4.69, 9.17) is 0 Å². The van der Waals surface area contributed by atoms with E-state index in [1.54, 1.807) is 42.5 Å². The number of ketones is 1. The third-order valence-electron chi connectivity index (χ3n) is 5.86. The van der Waals surface area contributed by atoms with Crippen LogP contribution in [0.3, 0.4) is 0 Å². The number of rotatable bonds is 3. The Morgan fingerprint density at radius 3 is 2.39 bits per heavy atom. The number of halogens is 1. The van der Waals surface area contributed by atoms with Crippen molar-refractivity contribution in [3.05, 3.63) is 78.1 Å². The maximum atomic E-state index is 13.6. The summed E-state index contributed by atoms with van der Waals surface area (Å²) >= 11 is 0. The molecule has 2 aromatic carbocycles. The Kier molecular flexibility index (Phi) is 3.77. The molecule has 2 bridgehead atoms. The first-order valence-corrected chi connectivity index (χ1v) is 9.21. The molecule has 0 aromatic heterocycles. The van der Waals surface area contributed by atoms with Crippen molar-refractivity contribution in [1.82, 2.24) is 4.90 Å². The van der Waals surface area contributed by atoms with Crippen molar-refractivity contribution in [3.63, 3.8) is 0 Å². The molecule has 28 heavy (non-hydrogen) atoms. The molecule has 3 aliphatic heterocycles. The molecule has 5 rings (SSSR count). The average Bonchev–Trinajstić information content (AvgIpc) is 3.06. The number of carbonyl (C=O) groups is 3. The van der Waals surface area contributed by atoms with Gasteiger partial charge in [0.05, 0.1) is 23.6 Å². The Morgan fingerprint density at radius 2 is 1.64 bits per heavy atom. The van der Waals surface area contributed by atoms with Gasteiger partial charge in [-0.2, -0.15) is 0 Å². The predicted molar refractivity (Wildman–Crippen MR) is 99.6 cm³/mol. The molecule has 2 fully saturated rings. The number of amides is 2. The van der Waals surface area contributed by atoms with E-state index in [1.165, 1.54) is 23.1 Å². The number of fused-ring (bicyclic) bond motifs is 5. The van der Waals surface area contributed by atoms with Gasteiger partial charge in [0, 0.05) is 12.6 Å². The summed E-state index contributed by atoms with van der Waals surface area (Å²) in [4.78, 5) is 42.1. The highest BCUT2D eigenvalue weighted by Gasteiger charge is 2.64. The van der Waals surface area contributed by atoms with Gasteiger partial charge in [-0.3, -0.25) is 19.3 Å². The van der Waals surface area contributed by atoms with Gasteiger partial charge in [-0.05, 0) is 35.9 Å². The Morgan fingerprint density at radius 1 is 0.893 bits per heavy atom. The van der Waals surface area contributed by atoms with Crippen molar-refractivity contribution in [2.24, 2.45) is 11.8 Å². The van der Waals surface area contributed by atoms with Crippen LogP contribution in [-0.2, 0) is 20.9 Å². The Bertz CT molecular complexity index is 1020. The van der Waals surface area contributed by atoms with Crippen LogP contribution >= 0.6 is 0 Å². The van der Waals surface area contributed by atoms with Crippen LogP contribution < -0.4 is 4.90 Å². The normalized spacial score (nSPS) is 28.9. The molecular formula is C22H17FN2O3. The minimum absolute atomic E-state index is 0.184. The number of hydrogen-bond donors (Lipinski definition) is 0. The van der Waals surface area contributed by atoms with Crippen molar-refractivity contribution in [2.45, 2.75) is 18.6 Å². The molecule has 0 radical (unpaired) electrons. The molecule has 2 amide bonds. The molecule has 2 saturated heterocycles. The SMILES string of the molecule is O=C1C=CC2C3C(=O)N(c4ccccc4)C(=O)C3C1N2Cc1cccc(F)c1. The second kappa shape index (κ2) is 6.21. The third-order valence-corrected chi connectivity index (χ3v) is 5.86. The van der Waals surface area contributed by atoms with E-state index in [2.05, 4.69) is 0 Å². The van der Waals surface area contributed by atoms with Gasteiger partial charge in [0.2, 0.25) is 11.8 Å². The zero-order valence-corrected chi connectivity index (χ0v) is 14.9. The highest BCUT2D eigenvalue weighted by molar-refractivity contribution is 6.24. The van der Waals surface area contributed by atoms with Crippen LogP contribution in [0.15, 0.2) is 66.7 Å². The molecule has 3 aliphatic rings. The molecule has 0 saturated carbocycles. The maximum Gasteiger partial charge on any atom is 0.239 e. The van der Waals surface area contributed by atoms with E-state index >= 15 is 0 Å². The molecule has 0 spiro atoms. The van der Waals surface area contributed by atoms with E-state index in [-0.39, 0.29) is 29.5 Å². The van der Waals surface area contributed by atoms with Crippen molar-refractivity contribution in [2.75, 3.05) is 4.90 Å². The third kappa shape index (κ3) is 2.38. The standard InChI is InChI=1S/C22H17FN2O3/c23-14-6-4-5-13(11-14)12-24-16-9-10-17(26)20(24)19-18(16)21(27)25(22(19)28)15-7-2-1-3-8-15/h1-11,16,18-20H,12H2. The summed E-state index contributed by atoms with van der Waals surface area (Å²) < 4.78 is 13.6. The van der Waals surface area contributed by atoms with Gasteiger partial charge in [0.15, 0.2) is 5.78 Å². The van der Waals surface area contributed by atoms with Gasteiger partial charge >= 0.3 is 0 Å². The quantitative estimate of drug-likeness (QED) is 0.772. The summed E-state index contributed by atoms with van der Waals surface area (Å²) in [6.07, 6.45) is 3.19. The van der Waals surface area contributed by atoms with Crippen molar-refractivity contribution >= 4 is 23.3 Å².